The van der Waals surface area contributed by atoms with Gasteiger partial charge in [-0.15, -0.1) is 0 Å². The van der Waals surface area contributed by atoms with Crippen molar-refractivity contribution < 1.29 is 0 Å². The molecule has 0 unspecified atom stereocenters. The van der Waals surface area contributed by atoms with Crippen LogP contribution in [-0.4, -0.2) is 37.7 Å². The molecule has 0 radical (unpaired) electrons. The summed E-state index contributed by atoms with van der Waals surface area (Å²) in [5, 5.41) is 4.29. The van der Waals surface area contributed by atoms with Crippen molar-refractivity contribution in [3.63, 3.8) is 0 Å². The molecule has 3 heteroatoms. The van der Waals surface area contributed by atoms with Gasteiger partial charge in [0.2, 0.25) is 0 Å². The number of piperidine rings is 1. The van der Waals surface area contributed by atoms with E-state index in [0.717, 1.165) is 11.8 Å². The zero-order valence-corrected chi connectivity index (χ0v) is 12.3. The monoisotopic (exact) mass is 264 g/mol. The van der Waals surface area contributed by atoms with E-state index in [0.29, 0.717) is 0 Å². The number of hydrogen-bond donors (Lipinski definition) is 1. The summed E-state index contributed by atoms with van der Waals surface area (Å²) in [5.74, 6) is 1.23. The average molecular weight is 264 g/mol. The van der Waals surface area contributed by atoms with Crippen LogP contribution in [0.2, 0.25) is 0 Å². The van der Waals surface area contributed by atoms with Crippen LogP contribution in [0.25, 0.3) is 0 Å². The molecule has 2 rings (SSSR count). The second kappa shape index (κ2) is 7.05. The van der Waals surface area contributed by atoms with Crippen LogP contribution in [0.15, 0.2) is 24.3 Å². The van der Waals surface area contributed by atoms with E-state index in [2.05, 4.69) is 60.2 Å². The van der Waals surface area contributed by atoms with E-state index in [1.54, 1.807) is 0 Å². The Morgan fingerprint density at radius 2 is 2.11 bits per heavy atom. The van der Waals surface area contributed by atoms with Gasteiger partial charge < -0.3 is 10.2 Å². The van der Waals surface area contributed by atoms with Crippen molar-refractivity contribution in [2.24, 2.45) is 0 Å². The number of nitrogens with zero attached hydrogens (tertiary/aromatic N) is 1. The van der Waals surface area contributed by atoms with Crippen LogP contribution in [0.4, 0.5) is 5.69 Å². The number of thioether (sulfide) groups is 1. The Bertz CT molecular complexity index is 361. The molecule has 0 saturated carbocycles. The molecule has 1 aliphatic rings. The van der Waals surface area contributed by atoms with Crippen LogP contribution in [-0.2, 0) is 0 Å². The molecule has 0 amide bonds. The van der Waals surface area contributed by atoms with Crippen LogP contribution in [0.5, 0.6) is 0 Å². The first kappa shape index (κ1) is 13.8. The Labute approximate surface area is 115 Å². The summed E-state index contributed by atoms with van der Waals surface area (Å²) in [6, 6.07) is 8.75. The van der Waals surface area contributed by atoms with E-state index >= 15 is 0 Å². The quantitative estimate of drug-likeness (QED) is 0.880. The van der Waals surface area contributed by atoms with Crippen molar-refractivity contribution in [1.82, 2.24) is 5.32 Å². The highest BCUT2D eigenvalue weighted by molar-refractivity contribution is 7.99. The van der Waals surface area contributed by atoms with Crippen LogP contribution in [0.1, 0.15) is 18.4 Å². The van der Waals surface area contributed by atoms with E-state index in [9.17, 15) is 0 Å². The first-order valence-corrected chi connectivity index (χ1v) is 7.91. The lowest BCUT2D eigenvalue weighted by atomic mass is 10.2. The molecule has 1 N–H and O–H groups in total. The van der Waals surface area contributed by atoms with Crippen LogP contribution in [0.3, 0.4) is 0 Å². The largest absolute Gasteiger partial charge is 0.374 e. The van der Waals surface area contributed by atoms with Gasteiger partial charge in [-0.2, -0.15) is 11.8 Å². The molecule has 100 valence electrons. The van der Waals surface area contributed by atoms with E-state index in [1.165, 1.54) is 42.9 Å². The standard InChI is InChI=1S/C15H24N2S/c1-13-4-3-5-14(12-13)17(2)10-11-18-15-6-8-16-9-7-15/h3-5,12,15-16H,6-11H2,1-2H3. The van der Waals surface area contributed by atoms with Crippen molar-refractivity contribution in [2.75, 3.05) is 37.3 Å². The molecule has 0 spiro atoms. The molecule has 0 aromatic heterocycles. The summed E-state index contributed by atoms with van der Waals surface area (Å²) >= 11 is 2.14. The summed E-state index contributed by atoms with van der Waals surface area (Å²) in [6.07, 6.45) is 2.66. The second-order valence-electron chi connectivity index (χ2n) is 5.08. The predicted octanol–water partition coefficient (Wildman–Crippen LogP) is 2.92. The van der Waals surface area contributed by atoms with Crippen LogP contribution < -0.4 is 10.2 Å². The van der Waals surface area contributed by atoms with E-state index in [-0.39, 0.29) is 0 Å². The molecule has 0 atom stereocenters. The zero-order valence-electron chi connectivity index (χ0n) is 11.5. The van der Waals surface area contributed by atoms with Gasteiger partial charge in [0.1, 0.15) is 0 Å². The second-order valence-corrected chi connectivity index (χ2v) is 6.49. The zero-order chi connectivity index (χ0) is 12.8. The number of nitrogens with one attached hydrogen (secondary N) is 1. The maximum absolute atomic E-state index is 3.42. The van der Waals surface area contributed by atoms with Crippen molar-refractivity contribution in [3.8, 4) is 0 Å². The molecular weight excluding hydrogens is 240 g/mol. The number of aryl methyl sites for hydroxylation is 1. The van der Waals surface area contributed by atoms with Crippen LogP contribution in [0, 0.1) is 6.92 Å². The number of hydrogen-bond acceptors (Lipinski definition) is 3. The highest BCUT2D eigenvalue weighted by Crippen LogP contribution is 2.21. The Hall–Kier alpha value is -0.670. The molecule has 1 aliphatic heterocycles. The molecule has 1 aromatic carbocycles. The molecule has 2 nitrogen and oxygen atoms in total. The third-order valence-electron chi connectivity index (χ3n) is 3.51. The fraction of sp³-hybridized carbons (Fsp3) is 0.600. The van der Waals surface area contributed by atoms with Gasteiger partial charge in [0.05, 0.1) is 0 Å². The first-order valence-electron chi connectivity index (χ1n) is 6.86. The maximum Gasteiger partial charge on any atom is 0.0366 e. The van der Waals surface area contributed by atoms with Crippen molar-refractivity contribution in [3.05, 3.63) is 29.8 Å². The average Bonchev–Trinajstić information content (AvgIpc) is 2.40. The topological polar surface area (TPSA) is 15.3 Å². The summed E-state index contributed by atoms with van der Waals surface area (Å²) < 4.78 is 0. The highest BCUT2D eigenvalue weighted by atomic mass is 32.2. The molecule has 0 bridgehead atoms. The van der Waals surface area contributed by atoms with Gasteiger partial charge >= 0.3 is 0 Å². The molecule has 18 heavy (non-hydrogen) atoms. The number of anilines is 1. The number of benzene rings is 1. The van der Waals surface area contributed by atoms with Crippen molar-refractivity contribution in [1.29, 1.82) is 0 Å². The van der Waals surface area contributed by atoms with Gasteiger partial charge in [0, 0.05) is 30.3 Å². The third-order valence-corrected chi connectivity index (χ3v) is 4.87. The molecule has 1 aromatic rings. The van der Waals surface area contributed by atoms with Gasteiger partial charge in [0.25, 0.3) is 0 Å². The van der Waals surface area contributed by atoms with Crippen LogP contribution >= 0.6 is 11.8 Å². The maximum atomic E-state index is 3.42. The van der Waals surface area contributed by atoms with Gasteiger partial charge in [-0.25, -0.2) is 0 Å². The molecule has 1 heterocycles. The lowest BCUT2D eigenvalue weighted by Crippen LogP contribution is -2.30. The molecule has 1 fully saturated rings. The normalized spacial score (nSPS) is 16.8. The van der Waals surface area contributed by atoms with Gasteiger partial charge in [0.15, 0.2) is 0 Å². The fourth-order valence-corrected chi connectivity index (χ4v) is 3.59. The SMILES string of the molecule is Cc1cccc(N(C)CCSC2CCNCC2)c1. The van der Waals surface area contributed by atoms with E-state index in [1.807, 2.05) is 0 Å². The van der Waals surface area contributed by atoms with Crippen molar-refractivity contribution in [2.45, 2.75) is 25.0 Å². The lowest BCUT2D eigenvalue weighted by Gasteiger charge is -2.24. The summed E-state index contributed by atoms with van der Waals surface area (Å²) in [6.45, 7) is 5.69. The minimum absolute atomic E-state index is 0.872. The Balaban J connectivity index is 1.72. The Morgan fingerprint density at radius 1 is 1.33 bits per heavy atom. The lowest BCUT2D eigenvalue weighted by molar-refractivity contribution is 0.531. The smallest absolute Gasteiger partial charge is 0.0366 e. The Morgan fingerprint density at radius 3 is 2.83 bits per heavy atom. The summed E-state index contributed by atoms with van der Waals surface area (Å²) in [4.78, 5) is 2.36. The Kier molecular flexibility index (Phi) is 5.39. The van der Waals surface area contributed by atoms with Gasteiger partial charge in [-0.05, 0) is 50.6 Å². The minimum atomic E-state index is 0.872. The van der Waals surface area contributed by atoms with Crippen molar-refractivity contribution >= 4 is 17.4 Å². The first-order chi connectivity index (χ1) is 8.75. The predicted molar refractivity (Wildman–Crippen MR) is 82.8 cm³/mol. The molecule has 1 saturated heterocycles. The fourth-order valence-electron chi connectivity index (χ4n) is 2.31. The summed E-state index contributed by atoms with van der Waals surface area (Å²) in [7, 11) is 2.19. The minimum Gasteiger partial charge on any atom is -0.374 e. The molecule has 0 aliphatic carbocycles. The van der Waals surface area contributed by atoms with E-state index < -0.39 is 0 Å². The number of rotatable bonds is 5. The van der Waals surface area contributed by atoms with Gasteiger partial charge in [-0.3, -0.25) is 0 Å². The highest BCUT2D eigenvalue weighted by Gasteiger charge is 2.13. The van der Waals surface area contributed by atoms with E-state index in [4.69, 9.17) is 0 Å². The van der Waals surface area contributed by atoms with Gasteiger partial charge in [-0.1, -0.05) is 12.1 Å². The third kappa shape index (κ3) is 4.21. The summed E-state index contributed by atoms with van der Waals surface area (Å²) in [5.41, 5.74) is 2.67. The molecular formula is C15H24N2S.